The van der Waals surface area contributed by atoms with Gasteiger partial charge in [0.25, 0.3) is 0 Å². The molecule has 2 bridgehead atoms. The topological polar surface area (TPSA) is 12.0 Å². The molecule has 3 rings (SSSR count). The molecular formula is C13H21N. The molecule has 0 amide bonds. The van der Waals surface area contributed by atoms with Gasteiger partial charge in [0.05, 0.1) is 0 Å². The van der Waals surface area contributed by atoms with Crippen LogP contribution in [0.15, 0.2) is 12.2 Å². The van der Waals surface area contributed by atoms with Crippen LogP contribution in [0, 0.1) is 23.2 Å². The van der Waals surface area contributed by atoms with E-state index in [4.69, 9.17) is 0 Å². The van der Waals surface area contributed by atoms with E-state index < -0.39 is 0 Å². The third kappa shape index (κ3) is 1.42. The maximum atomic E-state index is 3.78. The van der Waals surface area contributed by atoms with Gasteiger partial charge in [0.15, 0.2) is 0 Å². The van der Waals surface area contributed by atoms with E-state index in [9.17, 15) is 0 Å². The van der Waals surface area contributed by atoms with Crippen LogP contribution in [-0.4, -0.2) is 12.6 Å². The predicted octanol–water partition coefficient (Wildman–Crippen LogP) is 2.59. The van der Waals surface area contributed by atoms with Crippen molar-refractivity contribution in [1.29, 1.82) is 0 Å². The number of nitrogens with one attached hydrogen (secondary N) is 1. The zero-order chi connectivity index (χ0) is 9.76. The molecule has 0 aliphatic heterocycles. The largest absolute Gasteiger partial charge is 0.313 e. The van der Waals surface area contributed by atoms with Gasteiger partial charge in [-0.2, -0.15) is 0 Å². The lowest BCUT2D eigenvalue weighted by Gasteiger charge is -2.20. The lowest BCUT2D eigenvalue weighted by Crippen LogP contribution is -2.34. The molecule has 2 fully saturated rings. The normalized spacial score (nSPS) is 47.3. The van der Waals surface area contributed by atoms with E-state index in [2.05, 4.69) is 31.3 Å². The first-order valence-corrected chi connectivity index (χ1v) is 6.07. The summed E-state index contributed by atoms with van der Waals surface area (Å²) in [5.41, 5.74) is 0.639. The van der Waals surface area contributed by atoms with Crippen LogP contribution >= 0.6 is 0 Å². The van der Waals surface area contributed by atoms with Crippen molar-refractivity contribution in [3.05, 3.63) is 12.2 Å². The second-order valence-corrected chi connectivity index (χ2v) is 6.18. The van der Waals surface area contributed by atoms with Gasteiger partial charge in [-0.3, -0.25) is 0 Å². The molecule has 0 spiro atoms. The molecule has 1 N–H and O–H groups in total. The van der Waals surface area contributed by atoms with E-state index in [1.165, 1.54) is 25.8 Å². The van der Waals surface area contributed by atoms with Gasteiger partial charge in [0.2, 0.25) is 0 Å². The molecule has 1 heteroatoms. The Labute approximate surface area is 87.0 Å². The van der Waals surface area contributed by atoms with Gasteiger partial charge >= 0.3 is 0 Å². The fraction of sp³-hybridized carbons (Fsp3) is 0.846. The van der Waals surface area contributed by atoms with E-state index in [0.29, 0.717) is 5.41 Å². The standard InChI is InChI=1S/C13H21N/c1-13(2)7-11(13)8-14-12-6-9-3-4-10(12)5-9/h3-4,9-12,14H,5-8H2,1-2H3/t9-,10+,11?,12?/m1/s1. The van der Waals surface area contributed by atoms with Crippen molar-refractivity contribution in [2.75, 3.05) is 6.54 Å². The molecular weight excluding hydrogens is 170 g/mol. The zero-order valence-electron chi connectivity index (χ0n) is 9.29. The minimum Gasteiger partial charge on any atom is -0.313 e. The minimum atomic E-state index is 0.639. The molecule has 0 heterocycles. The summed E-state index contributed by atoms with van der Waals surface area (Å²) >= 11 is 0. The van der Waals surface area contributed by atoms with Crippen LogP contribution in [-0.2, 0) is 0 Å². The third-order valence-electron chi connectivity index (χ3n) is 4.62. The van der Waals surface area contributed by atoms with Gasteiger partial charge in [-0.05, 0) is 49.0 Å². The first-order chi connectivity index (χ1) is 6.65. The number of fused-ring (bicyclic) bond motifs is 2. The highest BCUT2D eigenvalue weighted by Gasteiger charge is 2.46. The number of allylic oxidation sites excluding steroid dienone is 1. The van der Waals surface area contributed by atoms with Crippen LogP contribution in [0.1, 0.15) is 33.1 Å². The number of hydrogen-bond acceptors (Lipinski definition) is 1. The Balaban J connectivity index is 1.48. The lowest BCUT2D eigenvalue weighted by atomic mass is 10.0. The van der Waals surface area contributed by atoms with Crippen LogP contribution in [0.3, 0.4) is 0 Å². The van der Waals surface area contributed by atoms with Crippen molar-refractivity contribution >= 4 is 0 Å². The highest BCUT2D eigenvalue weighted by molar-refractivity contribution is 5.13. The molecule has 0 aromatic heterocycles. The van der Waals surface area contributed by atoms with Crippen LogP contribution in [0.4, 0.5) is 0 Å². The highest BCUT2D eigenvalue weighted by Crippen LogP contribution is 2.51. The van der Waals surface area contributed by atoms with Crippen molar-refractivity contribution in [2.45, 2.75) is 39.2 Å². The minimum absolute atomic E-state index is 0.639. The van der Waals surface area contributed by atoms with Crippen LogP contribution in [0.25, 0.3) is 0 Å². The SMILES string of the molecule is CC1(C)CC1CNC1C[C@@H]2C=C[C@H]1C2. The zero-order valence-corrected chi connectivity index (χ0v) is 9.29. The van der Waals surface area contributed by atoms with E-state index in [0.717, 1.165) is 23.8 Å². The molecule has 1 nitrogen and oxygen atoms in total. The Morgan fingerprint density at radius 1 is 1.29 bits per heavy atom. The van der Waals surface area contributed by atoms with Gasteiger partial charge in [-0.15, -0.1) is 0 Å². The van der Waals surface area contributed by atoms with Crippen LogP contribution < -0.4 is 5.32 Å². The van der Waals surface area contributed by atoms with E-state index in [1.807, 2.05) is 0 Å². The molecule has 4 atom stereocenters. The summed E-state index contributed by atoms with van der Waals surface area (Å²) in [6.07, 6.45) is 9.10. The van der Waals surface area contributed by atoms with Crippen molar-refractivity contribution in [3.8, 4) is 0 Å². The Morgan fingerprint density at radius 3 is 2.57 bits per heavy atom. The molecule has 3 aliphatic carbocycles. The van der Waals surface area contributed by atoms with Gasteiger partial charge < -0.3 is 5.32 Å². The average molecular weight is 191 g/mol. The molecule has 0 saturated heterocycles. The van der Waals surface area contributed by atoms with Crippen molar-refractivity contribution in [3.63, 3.8) is 0 Å². The Morgan fingerprint density at radius 2 is 2.07 bits per heavy atom. The van der Waals surface area contributed by atoms with Gasteiger partial charge in [0.1, 0.15) is 0 Å². The average Bonchev–Trinajstić information content (AvgIpc) is 2.59. The van der Waals surface area contributed by atoms with E-state index >= 15 is 0 Å². The van der Waals surface area contributed by atoms with Gasteiger partial charge in [0, 0.05) is 6.04 Å². The first kappa shape index (κ1) is 8.96. The number of hydrogen-bond donors (Lipinski definition) is 1. The van der Waals surface area contributed by atoms with Gasteiger partial charge in [-0.25, -0.2) is 0 Å². The molecule has 78 valence electrons. The smallest absolute Gasteiger partial charge is 0.0136 e. The second-order valence-electron chi connectivity index (χ2n) is 6.18. The molecule has 2 saturated carbocycles. The Bertz CT molecular complexity index is 266. The summed E-state index contributed by atoms with van der Waals surface area (Å²) in [7, 11) is 0. The van der Waals surface area contributed by atoms with Crippen molar-refractivity contribution in [2.24, 2.45) is 23.2 Å². The lowest BCUT2D eigenvalue weighted by molar-refractivity contribution is 0.419. The Hall–Kier alpha value is -0.300. The summed E-state index contributed by atoms with van der Waals surface area (Å²) in [5.74, 6) is 2.72. The molecule has 0 aromatic carbocycles. The second kappa shape index (κ2) is 2.85. The van der Waals surface area contributed by atoms with Gasteiger partial charge in [-0.1, -0.05) is 26.0 Å². The van der Waals surface area contributed by atoms with Crippen molar-refractivity contribution < 1.29 is 0 Å². The number of rotatable bonds is 3. The Kier molecular flexibility index (Phi) is 1.82. The molecule has 2 unspecified atom stereocenters. The molecule has 0 radical (unpaired) electrons. The molecule has 0 aromatic rings. The van der Waals surface area contributed by atoms with Crippen molar-refractivity contribution in [1.82, 2.24) is 5.32 Å². The van der Waals surface area contributed by atoms with Crippen LogP contribution in [0.2, 0.25) is 0 Å². The van der Waals surface area contributed by atoms with E-state index in [-0.39, 0.29) is 0 Å². The first-order valence-electron chi connectivity index (χ1n) is 6.07. The third-order valence-corrected chi connectivity index (χ3v) is 4.62. The molecule has 3 aliphatic rings. The summed E-state index contributed by atoms with van der Waals surface area (Å²) in [6.45, 7) is 6.04. The van der Waals surface area contributed by atoms with Crippen LogP contribution in [0.5, 0.6) is 0 Å². The quantitative estimate of drug-likeness (QED) is 0.676. The summed E-state index contributed by atoms with van der Waals surface area (Å²) in [6, 6.07) is 0.807. The monoisotopic (exact) mass is 191 g/mol. The maximum absolute atomic E-state index is 3.78. The fourth-order valence-electron chi connectivity index (χ4n) is 3.23. The summed E-state index contributed by atoms with van der Waals surface area (Å²) in [5, 5.41) is 3.78. The fourth-order valence-corrected chi connectivity index (χ4v) is 3.23. The van der Waals surface area contributed by atoms with E-state index in [1.54, 1.807) is 0 Å². The summed E-state index contributed by atoms with van der Waals surface area (Å²) in [4.78, 5) is 0. The maximum Gasteiger partial charge on any atom is 0.0136 e. The highest BCUT2D eigenvalue weighted by atomic mass is 14.9. The molecule has 14 heavy (non-hydrogen) atoms. The summed E-state index contributed by atoms with van der Waals surface area (Å²) < 4.78 is 0. The predicted molar refractivity (Wildman–Crippen MR) is 59.0 cm³/mol.